The van der Waals surface area contributed by atoms with Crippen LogP contribution >= 0.6 is 0 Å². The van der Waals surface area contributed by atoms with E-state index in [0.29, 0.717) is 5.89 Å². The highest BCUT2D eigenvalue weighted by Crippen LogP contribution is 2.26. The third-order valence-electron chi connectivity index (χ3n) is 5.70. The zero-order valence-corrected chi connectivity index (χ0v) is 19.2. The highest BCUT2D eigenvalue weighted by atomic mass is 16.5. The number of aryl methyl sites for hydroxylation is 1. The third-order valence-corrected chi connectivity index (χ3v) is 5.70. The van der Waals surface area contributed by atoms with Crippen molar-refractivity contribution in [3.05, 3.63) is 35.0 Å². The van der Waals surface area contributed by atoms with E-state index in [2.05, 4.69) is 16.8 Å². The van der Waals surface area contributed by atoms with Crippen LogP contribution in [0.2, 0.25) is 0 Å². The summed E-state index contributed by atoms with van der Waals surface area (Å²) in [6.07, 6.45) is 19.1. The van der Waals surface area contributed by atoms with Crippen molar-refractivity contribution in [3.8, 4) is 5.75 Å². The lowest BCUT2D eigenvalue weighted by Gasteiger charge is -2.09. The molecule has 0 radical (unpaired) electrons. The molecule has 0 aliphatic heterocycles. The molecular formula is C26H40N2O2. The number of benzene rings is 1. The second-order valence-corrected chi connectivity index (χ2v) is 8.45. The Labute approximate surface area is 183 Å². The van der Waals surface area contributed by atoms with Crippen LogP contribution in [0.5, 0.6) is 5.75 Å². The normalized spacial score (nSPS) is 11.1. The Hall–Kier alpha value is -2.02. The van der Waals surface area contributed by atoms with Crippen LogP contribution in [0.1, 0.15) is 108 Å². The van der Waals surface area contributed by atoms with Crippen molar-refractivity contribution in [1.29, 1.82) is 0 Å². The molecule has 1 aromatic heterocycles. The molecule has 0 saturated heterocycles. The molecule has 1 heterocycles. The van der Waals surface area contributed by atoms with E-state index in [1.807, 2.05) is 19.1 Å². The van der Waals surface area contributed by atoms with Gasteiger partial charge in [-0.15, -0.1) is 0 Å². The van der Waals surface area contributed by atoms with Gasteiger partial charge in [0.1, 0.15) is 11.3 Å². The van der Waals surface area contributed by atoms with Crippen molar-refractivity contribution >= 4 is 11.1 Å². The molecule has 0 aliphatic rings. The van der Waals surface area contributed by atoms with Crippen LogP contribution in [-0.2, 0) is 6.54 Å². The summed E-state index contributed by atoms with van der Waals surface area (Å²) in [4.78, 5) is 7.70. The highest BCUT2D eigenvalue weighted by molar-refractivity contribution is 5.76. The summed E-state index contributed by atoms with van der Waals surface area (Å²) in [6, 6.07) is 3.89. The topological polar surface area (TPSA) is 39.6 Å². The molecule has 1 aromatic carbocycles. The van der Waals surface area contributed by atoms with E-state index in [0.717, 1.165) is 35.4 Å². The Morgan fingerprint density at radius 1 is 0.867 bits per heavy atom. The molecule has 0 atom stereocenters. The van der Waals surface area contributed by atoms with Gasteiger partial charge in [-0.3, -0.25) is 0 Å². The minimum absolute atomic E-state index is 0.183. The fourth-order valence-corrected chi connectivity index (χ4v) is 3.87. The van der Waals surface area contributed by atoms with E-state index >= 15 is 0 Å². The summed E-state index contributed by atoms with van der Waals surface area (Å²) in [5.41, 5.74) is 2.56. The first kappa shape index (κ1) is 24.3. The molecule has 0 unspecified atom stereocenters. The lowest BCUT2D eigenvalue weighted by Crippen LogP contribution is -1.99. The quantitative estimate of drug-likeness (QED) is 0.193. The predicted octanol–water partition coefficient (Wildman–Crippen LogP) is 8.42. The number of nitrogens with zero attached hydrogens (tertiary/aromatic N) is 2. The van der Waals surface area contributed by atoms with Crippen LogP contribution in [0.15, 0.2) is 16.5 Å². The van der Waals surface area contributed by atoms with Crippen molar-refractivity contribution in [2.75, 3.05) is 6.61 Å². The van der Waals surface area contributed by atoms with Crippen LogP contribution in [0.25, 0.3) is 15.9 Å². The molecule has 166 valence electrons. The van der Waals surface area contributed by atoms with Gasteiger partial charge in [-0.25, -0.2) is 11.6 Å². The van der Waals surface area contributed by atoms with Crippen LogP contribution in [0.4, 0.5) is 0 Å². The second-order valence-electron chi connectivity index (χ2n) is 8.45. The van der Waals surface area contributed by atoms with Gasteiger partial charge < -0.3 is 14.0 Å². The van der Waals surface area contributed by atoms with Gasteiger partial charge in [0.2, 0.25) is 0 Å². The van der Waals surface area contributed by atoms with Gasteiger partial charge >= 0.3 is 0 Å². The average molecular weight is 413 g/mol. The van der Waals surface area contributed by atoms with Crippen LogP contribution in [0.3, 0.4) is 0 Å². The van der Waals surface area contributed by atoms with E-state index in [9.17, 15) is 0 Å². The highest BCUT2D eigenvalue weighted by Gasteiger charge is 2.11. The van der Waals surface area contributed by atoms with Gasteiger partial charge in [0, 0.05) is 6.07 Å². The molecule has 0 N–H and O–H groups in total. The Balaban J connectivity index is 1.48. The van der Waals surface area contributed by atoms with Gasteiger partial charge in [0.15, 0.2) is 5.58 Å². The molecule has 0 saturated carbocycles. The van der Waals surface area contributed by atoms with Gasteiger partial charge in [0.25, 0.3) is 12.4 Å². The van der Waals surface area contributed by atoms with E-state index in [-0.39, 0.29) is 6.54 Å². The minimum atomic E-state index is 0.183. The van der Waals surface area contributed by atoms with Crippen LogP contribution in [-0.4, -0.2) is 11.6 Å². The maximum atomic E-state index is 6.93. The molecule has 4 nitrogen and oxygen atoms in total. The van der Waals surface area contributed by atoms with E-state index in [1.54, 1.807) is 0 Å². The number of ether oxygens (including phenoxy) is 1. The SMILES string of the molecule is [C-]#[N+]Cc1nc2cc(OCCCCCCCCCCCCCCCC)c(C)cc2o1. The maximum Gasteiger partial charge on any atom is 0.289 e. The Bertz CT molecular complexity index is 760. The number of unbranched alkanes of at least 4 members (excludes halogenated alkanes) is 13. The molecule has 0 spiro atoms. The zero-order chi connectivity index (χ0) is 21.4. The lowest BCUT2D eigenvalue weighted by atomic mass is 10.0. The van der Waals surface area contributed by atoms with E-state index in [1.165, 1.54) is 83.5 Å². The molecule has 2 aromatic rings. The summed E-state index contributed by atoms with van der Waals surface area (Å²) < 4.78 is 11.6. The van der Waals surface area contributed by atoms with Gasteiger partial charge in [-0.1, -0.05) is 90.4 Å². The van der Waals surface area contributed by atoms with E-state index in [4.69, 9.17) is 15.7 Å². The third kappa shape index (κ3) is 9.20. The number of hydrogen-bond donors (Lipinski definition) is 0. The summed E-state index contributed by atoms with van der Waals surface area (Å²) in [7, 11) is 0. The summed E-state index contributed by atoms with van der Waals surface area (Å²) in [5.74, 6) is 1.35. The van der Waals surface area contributed by atoms with Crippen molar-refractivity contribution in [1.82, 2.24) is 4.98 Å². The average Bonchev–Trinajstić information content (AvgIpc) is 3.12. The summed E-state index contributed by atoms with van der Waals surface area (Å²) >= 11 is 0. The molecular weight excluding hydrogens is 372 g/mol. The smallest absolute Gasteiger partial charge is 0.289 e. The molecule has 0 bridgehead atoms. The van der Waals surface area contributed by atoms with Crippen molar-refractivity contribution < 1.29 is 9.15 Å². The maximum absolute atomic E-state index is 6.93. The van der Waals surface area contributed by atoms with Gasteiger partial charge in [-0.2, -0.15) is 0 Å². The van der Waals surface area contributed by atoms with Crippen LogP contribution < -0.4 is 4.74 Å². The Kier molecular flexibility index (Phi) is 12.0. The van der Waals surface area contributed by atoms with Crippen molar-refractivity contribution in [2.45, 2.75) is 110 Å². The fourth-order valence-electron chi connectivity index (χ4n) is 3.87. The number of oxazole rings is 1. The lowest BCUT2D eigenvalue weighted by molar-refractivity contribution is 0.302. The first-order chi connectivity index (χ1) is 14.7. The summed E-state index contributed by atoms with van der Waals surface area (Å²) in [5, 5.41) is 0. The number of rotatable bonds is 17. The van der Waals surface area contributed by atoms with Gasteiger partial charge in [0.05, 0.1) is 6.61 Å². The monoisotopic (exact) mass is 412 g/mol. The number of fused-ring (bicyclic) bond motifs is 1. The number of hydrogen-bond acceptors (Lipinski definition) is 3. The van der Waals surface area contributed by atoms with Crippen LogP contribution in [0, 0.1) is 13.5 Å². The second kappa shape index (κ2) is 14.9. The van der Waals surface area contributed by atoms with Gasteiger partial charge in [-0.05, 0) is 25.0 Å². The van der Waals surface area contributed by atoms with E-state index < -0.39 is 0 Å². The molecule has 0 amide bonds. The molecule has 0 fully saturated rings. The molecule has 30 heavy (non-hydrogen) atoms. The Morgan fingerprint density at radius 3 is 2.00 bits per heavy atom. The molecule has 4 heteroatoms. The largest absolute Gasteiger partial charge is 0.493 e. The zero-order valence-electron chi connectivity index (χ0n) is 19.2. The first-order valence-corrected chi connectivity index (χ1v) is 12.1. The Morgan fingerprint density at radius 2 is 1.43 bits per heavy atom. The van der Waals surface area contributed by atoms with Crippen molar-refractivity contribution in [2.24, 2.45) is 0 Å². The van der Waals surface area contributed by atoms with Crippen molar-refractivity contribution in [3.63, 3.8) is 0 Å². The molecule has 2 rings (SSSR count). The predicted molar refractivity (Wildman–Crippen MR) is 125 cm³/mol. The number of aromatic nitrogens is 1. The molecule has 0 aliphatic carbocycles. The summed E-state index contributed by atoms with van der Waals surface area (Å²) in [6.45, 7) is 12.2. The standard InChI is InChI=1S/C26H40N2O2/c1-4-5-6-7-8-9-10-11-12-13-14-15-16-17-18-29-24-20-23-25(19-22(24)2)30-26(28-23)21-27-3/h19-20H,4-18,21H2,1-2H3. The first-order valence-electron chi connectivity index (χ1n) is 12.1. The minimum Gasteiger partial charge on any atom is -0.493 e. The fraction of sp³-hybridized carbons (Fsp3) is 0.692.